The normalized spacial score (nSPS) is 8.69. The molecule has 0 saturated heterocycles. The summed E-state index contributed by atoms with van der Waals surface area (Å²) in [6.45, 7) is 6.19. The lowest BCUT2D eigenvalue weighted by molar-refractivity contribution is -0.384. The lowest BCUT2D eigenvalue weighted by Gasteiger charge is -2.04. The molecule has 0 aromatic heterocycles. The van der Waals surface area contributed by atoms with E-state index in [1.54, 1.807) is 6.92 Å². The van der Waals surface area contributed by atoms with Crippen molar-refractivity contribution in [3.63, 3.8) is 0 Å². The predicted octanol–water partition coefficient (Wildman–Crippen LogP) is 2.83. The number of rotatable bonds is 4. The first-order valence-electron chi connectivity index (χ1n) is 5.05. The highest BCUT2D eigenvalue weighted by Crippen LogP contribution is 2.22. The van der Waals surface area contributed by atoms with Crippen molar-refractivity contribution in [2.45, 2.75) is 20.8 Å². The van der Waals surface area contributed by atoms with E-state index < -0.39 is 4.92 Å². The van der Waals surface area contributed by atoms with E-state index in [2.05, 4.69) is 0 Å². The first-order valence-corrected chi connectivity index (χ1v) is 5.05. The zero-order valence-electron chi connectivity index (χ0n) is 9.60. The van der Waals surface area contributed by atoms with Gasteiger partial charge in [0.05, 0.1) is 17.1 Å². The van der Waals surface area contributed by atoms with E-state index in [4.69, 9.17) is 4.74 Å². The number of nitro groups is 1. The van der Waals surface area contributed by atoms with Gasteiger partial charge in [-0.15, -0.1) is 0 Å². The molecular formula is C11H15NO4. The average molecular weight is 225 g/mol. The van der Waals surface area contributed by atoms with Gasteiger partial charge in [0.25, 0.3) is 5.69 Å². The third kappa shape index (κ3) is 3.68. The molecule has 88 valence electrons. The summed E-state index contributed by atoms with van der Waals surface area (Å²) >= 11 is 0. The van der Waals surface area contributed by atoms with Gasteiger partial charge in [0.2, 0.25) is 0 Å². The number of hydrogen-bond donors (Lipinski definition) is 0. The Morgan fingerprint density at radius 3 is 2.50 bits per heavy atom. The quantitative estimate of drug-likeness (QED) is 0.449. The Morgan fingerprint density at radius 1 is 1.44 bits per heavy atom. The van der Waals surface area contributed by atoms with Gasteiger partial charge in [0.1, 0.15) is 5.75 Å². The smallest absolute Gasteiger partial charge is 0.270 e. The molecule has 0 N–H and O–H groups in total. The monoisotopic (exact) mass is 225 g/mol. The fourth-order valence-corrected chi connectivity index (χ4v) is 1.03. The lowest BCUT2D eigenvalue weighted by atomic mass is 10.2. The van der Waals surface area contributed by atoms with Crippen molar-refractivity contribution in [2.75, 3.05) is 6.61 Å². The van der Waals surface area contributed by atoms with Gasteiger partial charge in [-0.3, -0.25) is 14.9 Å². The highest BCUT2D eigenvalue weighted by atomic mass is 16.6. The summed E-state index contributed by atoms with van der Waals surface area (Å²) in [7, 11) is 0. The summed E-state index contributed by atoms with van der Waals surface area (Å²) in [4.78, 5) is 20.4. The fourth-order valence-electron chi connectivity index (χ4n) is 1.03. The highest BCUT2D eigenvalue weighted by molar-refractivity contribution is 5.80. The van der Waals surface area contributed by atoms with E-state index >= 15 is 0 Å². The number of aldehydes is 1. The van der Waals surface area contributed by atoms with Crippen molar-refractivity contribution in [1.29, 1.82) is 0 Å². The number of carbonyl (C=O) groups is 1. The van der Waals surface area contributed by atoms with Crippen molar-refractivity contribution in [1.82, 2.24) is 0 Å². The molecule has 0 heterocycles. The van der Waals surface area contributed by atoms with Gasteiger partial charge >= 0.3 is 0 Å². The van der Waals surface area contributed by atoms with Crippen molar-refractivity contribution >= 4 is 12.0 Å². The molecule has 5 nitrogen and oxygen atoms in total. The molecule has 1 aromatic rings. The maximum absolute atomic E-state index is 10.6. The van der Waals surface area contributed by atoms with Crippen LogP contribution < -0.4 is 4.74 Å². The van der Waals surface area contributed by atoms with Crippen LogP contribution in [-0.2, 0) is 0 Å². The molecule has 0 aliphatic rings. The summed E-state index contributed by atoms with van der Waals surface area (Å²) in [6.07, 6.45) is 0.540. The summed E-state index contributed by atoms with van der Waals surface area (Å²) in [6, 6.07) is 3.92. The molecule has 16 heavy (non-hydrogen) atoms. The Bertz CT molecular complexity index is 363. The highest BCUT2D eigenvalue weighted by Gasteiger charge is 2.10. The van der Waals surface area contributed by atoms with Crippen molar-refractivity contribution < 1.29 is 14.5 Å². The van der Waals surface area contributed by atoms with Crippen LogP contribution in [0.3, 0.4) is 0 Å². The van der Waals surface area contributed by atoms with Crippen LogP contribution in [0.25, 0.3) is 0 Å². The number of carbonyl (C=O) groups excluding carboxylic acids is 1. The minimum atomic E-state index is -0.553. The van der Waals surface area contributed by atoms with Gasteiger partial charge < -0.3 is 4.74 Å². The number of non-ortho nitro benzene ring substituents is 1. The Hall–Kier alpha value is -1.91. The summed E-state index contributed by atoms with van der Waals surface area (Å²) in [5.41, 5.74) is 0.0802. The standard InChI is InChI=1S/C9H9NO4.C2H6/c1-2-14-9-4-3-8(10(12)13)5-7(9)6-11;1-2/h3-6H,2H2,1H3;1-2H3. The average Bonchev–Trinajstić information content (AvgIpc) is 2.32. The van der Waals surface area contributed by atoms with Gasteiger partial charge in [-0.2, -0.15) is 0 Å². The van der Waals surface area contributed by atoms with Crippen LogP contribution in [0.4, 0.5) is 5.69 Å². The largest absolute Gasteiger partial charge is 0.493 e. The Kier molecular flexibility index (Phi) is 6.51. The molecule has 0 bridgehead atoms. The number of nitrogens with zero attached hydrogens (tertiary/aromatic N) is 1. The predicted molar refractivity (Wildman–Crippen MR) is 61.0 cm³/mol. The summed E-state index contributed by atoms with van der Waals surface area (Å²) in [5, 5.41) is 10.4. The van der Waals surface area contributed by atoms with E-state index in [0.29, 0.717) is 18.6 Å². The SMILES string of the molecule is CC.CCOc1ccc([N+](=O)[O-])cc1C=O. The minimum Gasteiger partial charge on any atom is -0.493 e. The van der Waals surface area contributed by atoms with E-state index in [-0.39, 0.29) is 11.3 Å². The number of ether oxygens (including phenoxy) is 1. The first-order chi connectivity index (χ1) is 7.69. The Labute approximate surface area is 94.2 Å². The lowest BCUT2D eigenvalue weighted by Crippen LogP contribution is -1.97. The van der Waals surface area contributed by atoms with Crippen molar-refractivity contribution in [3.05, 3.63) is 33.9 Å². The maximum atomic E-state index is 10.6. The molecule has 0 radical (unpaired) electrons. The second-order valence-electron chi connectivity index (χ2n) is 2.53. The number of benzene rings is 1. The van der Waals surface area contributed by atoms with E-state index in [0.717, 1.165) is 0 Å². The fraction of sp³-hybridized carbons (Fsp3) is 0.364. The molecule has 0 fully saturated rings. The maximum Gasteiger partial charge on any atom is 0.270 e. The topological polar surface area (TPSA) is 69.4 Å². The Morgan fingerprint density at radius 2 is 2.06 bits per heavy atom. The number of hydrogen-bond acceptors (Lipinski definition) is 4. The Balaban J connectivity index is 0.00000106. The third-order valence-electron chi connectivity index (χ3n) is 1.63. The van der Waals surface area contributed by atoms with E-state index in [1.165, 1.54) is 18.2 Å². The summed E-state index contributed by atoms with van der Waals surface area (Å²) in [5.74, 6) is 0.369. The van der Waals surface area contributed by atoms with Crippen molar-refractivity contribution in [3.8, 4) is 5.75 Å². The molecule has 0 amide bonds. The van der Waals surface area contributed by atoms with Crippen LogP contribution in [0, 0.1) is 10.1 Å². The van der Waals surface area contributed by atoms with Crippen LogP contribution in [0.5, 0.6) is 5.75 Å². The molecule has 0 aliphatic carbocycles. The second-order valence-corrected chi connectivity index (χ2v) is 2.53. The van der Waals surface area contributed by atoms with Gasteiger partial charge in [-0.05, 0) is 13.0 Å². The summed E-state index contributed by atoms with van der Waals surface area (Å²) < 4.78 is 5.11. The number of nitro benzene ring substituents is 1. The molecule has 0 saturated carbocycles. The molecule has 0 unspecified atom stereocenters. The minimum absolute atomic E-state index is 0.115. The molecule has 1 rings (SSSR count). The third-order valence-corrected chi connectivity index (χ3v) is 1.63. The molecule has 0 spiro atoms. The van der Waals surface area contributed by atoms with Crippen LogP contribution >= 0.6 is 0 Å². The van der Waals surface area contributed by atoms with E-state index in [9.17, 15) is 14.9 Å². The van der Waals surface area contributed by atoms with Crippen LogP contribution in [0.15, 0.2) is 18.2 Å². The van der Waals surface area contributed by atoms with Gasteiger partial charge in [0, 0.05) is 12.1 Å². The van der Waals surface area contributed by atoms with Crippen LogP contribution in [-0.4, -0.2) is 17.8 Å². The van der Waals surface area contributed by atoms with Gasteiger partial charge in [0.15, 0.2) is 6.29 Å². The molecule has 1 aromatic carbocycles. The van der Waals surface area contributed by atoms with Crippen molar-refractivity contribution in [2.24, 2.45) is 0 Å². The molecular weight excluding hydrogens is 210 g/mol. The van der Waals surface area contributed by atoms with Crippen LogP contribution in [0.1, 0.15) is 31.1 Å². The molecule has 5 heteroatoms. The van der Waals surface area contributed by atoms with Gasteiger partial charge in [-0.1, -0.05) is 13.8 Å². The zero-order valence-corrected chi connectivity index (χ0v) is 9.60. The second kappa shape index (κ2) is 7.39. The molecule has 0 atom stereocenters. The molecule has 0 aliphatic heterocycles. The van der Waals surface area contributed by atoms with Gasteiger partial charge in [-0.25, -0.2) is 0 Å². The zero-order chi connectivity index (χ0) is 12.6. The van der Waals surface area contributed by atoms with Crippen LogP contribution in [0.2, 0.25) is 0 Å². The first kappa shape index (κ1) is 14.1. The van der Waals surface area contributed by atoms with E-state index in [1.807, 2.05) is 13.8 Å².